The van der Waals surface area contributed by atoms with E-state index in [1.54, 1.807) is 12.1 Å². The number of esters is 1. The summed E-state index contributed by atoms with van der Waals surface area (Å²) in [6.45, 7) is 5.33. The fourth-order valence-corrected chi connectivity index (χ4v) is 3.30. The topological polar surface area (TPSA) is 93.1 Å². The molecule has 1 aliphatic heterocycles. The number of ether oxygens (including phenoxy) is 2. The molecule has 2 N–H and O–H groups in total. The Morgan fingerprint density at radius 2 is 2.00 bits per heavy atom. The van der Waals surface area contributed by atoms with Crippen molar-refractivity contribution < 1.29 is 29.3 Å². The predicted molar refractivity (Wildman–Crippen MR) is 96.0 cm³/mol. The zero-order valence-corrected chi connectivity index (χ0v) is 15.6. The molecule has 2 rings (SSSR count). The Morgan fingerprint density at radius 1 is 1.31 bits per heavy atom. The summed E-state index contributed by atoms with van der Waals surface area (Å²) in [6, 6.07) is 5.21. The molecular weight excluding hydrogens is 336 g/mol. The lowest BCUT2D eigenvalue weighted by Crippen LogP contribution is -2.47. The van der Waals surface area contributed by atoms with E-state index in [1.165, 1.54) is 26.2 Å². The van der Waals surface area contributed by atoms with E-state index in [1.807, 2.05) is 13.0 Å². The highest BCUT2D eigenvalue weighted by molar-refractivity contribution is 5.88. The highest BCUT2D eigenvalue weighted by Gasteiger charge is 2.46. The van der Waals surface area contributed by atoms with Crippen molar-refractivity contribution in [1.82, 2.24) is 0 Å². The third-order valence-electron chi connectivity index (χ3n) is 5.05. The Bertz CT molecular complexity index is 710. The molecule has 0 radical (unpaired) electrons. The molecule has 6 nitrogen and oxygen atoms in total. The number of rotatable bonds is 8. The third kappa shape index (κ3) is 4.25. The summed E-state index contributed by atoms with van der Waals surface area (Å²) in [4.78, 5) is 23.2. The number of carbonyl (C=O) groups is 2. The van der Waals surface area contributed by atoms with Crippen LogP contribution in [0.5, 0.6) is 11.5 Å². The van der Waals surface area contributed by atoms with Crippen LogP contribution in [0.2, 0.25) is 0 Å². The number of benzene rings is 1. The number of carbonyl (C=O) groups excluding carboxylic acids is 2. The van der Waals surface area contributed by atoms with Gasteiger partial charge in [-0.3, -0.25) is 4.79 Å². The van der Waals surface area contributed by atoms with Gasteiger partial charge in [0.2, 0.25) is 0 Å². The van der Waals surface area contributed by atoms with Crippen LogP contribution < -0.4 is 4.74 Å². The number of hydrogen-bond acceptors (Lipinski definition) is 6. The van der Waals surface area contributed by atoms with Gasteiger partial charge in [-0.05, 0) is 55.4 Å². The average molecular weight is 362 g/mol. The maximum absolute atomic E-state index is 11.7. The molecule has 142 valence electrons. The summed E-state index contributed by atoms with van der Waals surface area (Å²) < 4.78 is 10.5. The van der Waals surface area contributed by atoms with E-state index in [2.05, 4.69) is 6.92 Å². The van der Waals surface area contributed by atoms with Gasteiger partial charge < -0.3 is 19.7 Å². The Balaban J connectivity index is 2.11. The highest BCUT2D eigenvalue weighted by Crippen LogP contribution is 2.36. The fourth-order valence-electron chi connectivity index (χ4n) is 3.30. The van der Waals surface area contributed by atoms with Crippen molar-refractivity contribution in [3.05, 3.63) is 35.9 Å². The zero-order chi connectivity index (χ0) is 19.5. The Morgan fingerprint density at radius 3 is 2.54 bits per heavy atom. The van der Waals surface area contributed by atoms with Crippen molar-refractivity contribution in [2.45, 2.75) is 45.3 Å². The van der Waals surface area contributed by atoms with Gasteiger partial charge in [0, 0.05) is 6.08 Å². The van der Waals surface area contributed by atoms with E-state index in [0.29, 0.717) is 18.6 Å². The second-order valence-corrected chi connectivity index (χ2v) is 7.09. The molecule has 0 saturated heterocycles. The molecule has 1 aromatic rings. The number of aliphatic hydroxyl groups excluding tert-OH is 1. The van der Waals surface area contributed by atoms with Crippen molar-refractivity contribution >= 4 is 11.8 Å². The molecule has 6 heteroatoms. The number of cyclic esters (lactones) is 1. The first-order valence-electron chi connectivity index (χ1n) is 8.65. The molecule has 0 unspecified atom stereocenters. The molecule has 1 aromatic carbocycles. The molecule has 1 heterocycles. The van der Waals surface area contributed by atoms with Crippen LogP contribution in [0.25, 0.3) is 0 Å². The quantitative estimate of drug-likeness (QED) is 0.690. The average Bonchev–Trinajstić information content (AvgIpc) is 2.97. The standard InChI is InChI=1S/C20H26O6/c1-12(9-15-5-6-16(22)17(10-15)25-4)13(2)11-20(19(24)14(3)21)8-7-18(23)26-20/h5-8,10,12-13,19,22,24H,9,11H2,1-4H3/t12-,13-,19+,20+/m0/s1. The molecule has 0 aliphatic carbocycles. The molecule has 0 saturated carbocycles. The van der Waals surface area contributed by atoms with Crippen molar-refractivity contribution in [2.24, 2.45) is 11.8 Å². The number of Topliss-reactive ketones (excluding diaryl/α,β-unsaturated/α-hetero) is 1. The van der Waals surface area contributed by atoms with Gasteiger partial charge in [0.1, 0.15) is 0 Å². The molecule has 4 atom stereocenters. The van der Waals surface area contributed by atoms with Crippen LogP contribution in [0.3, 0.4) is 0 Å². The molecular formula is C20H26O6. The number of hydrogen-bond donors (Lipinski definition) is 2. The number of ketones is 1. The van der Waals surface area contributed by atoms with E-state index < -0.39 is 23.5 Å². The Labute approximate surface area is 153 Å². The molecule has 26 heavy (non-hydrogen) atoms. The molecule has 0 fully saturated rings. The fraction of sp³-hybridized carbons (Fsp3) is 0.500. The van der Waals surface area contributed by atoms with Gasteiger partial charge in [-0.25, -0.2) is 4.79 Å². The van der Waals surface area contributed by atoms with E-state index in [9.17, 15) is 19.8 Å². The lowest BCUT2D eigenvalue weighted by atomic mass is 9.78. The zero-order valence-electron chi connectivity index (χ0n) is 15.6. The minimum absolute atomic E-state index is 0.0550. The van der Waals surface area contributed by atoms with E-state index in [4.69, 9.17) is 9.47 Å². The van der Waals surface area contributed by atoms with Crippen LogP contribution in [0.15, 0.2) is 30.4 Å². The first-order valence-corrected chi connectivity index (χ1v) is 8.65. The van der Waals surface area contributed by atoms with E-state index in [0.717, 1.165) is 5.56 Å². The van der Waals surface area contributed by atoms with Crippen LogP contribution in [-0.4, -0.2) is 40.8 Å². The Hall–Kier alpha value is -2.34. The van der Waals surface area contributed by atoms with Gasteiger partial charge in [-0.1, -0.05) is 19.9 Å². The lowest BCUT2D eigenvalue weighted by Gasteiger charge is -2.34. The molecule has 0 spiro atoms. The second kappa shape index (κ2) is 7.91. The predicted octanol–water partition coefficient (Wildman–Crippen LogP) is 2.41. The molecule has 1 aliphatic rings. The van der Waals surface area contributed by atoms with Crippen molar-refractivity contribution in [3.63, 3.8) is 0 Å². The van der Waals surface area contributed by atoms with Crippen molar-refractivity contribution in [3.8, 4) is 11.5 Å². The van der Waals surface area contributed by atoms with Crippen LogP contribution in [0.1, 0.15) is 32.8 Å². The molecule has 0 bridgehead atoms. The van der Waals surface area contributed by atoms with Gasteiger partial charge in [-0.15, -0.1) is 0 Å². The first-order chi connectivity index (χ1) is 12.2. The largest absolute Gasteiger partial charge is 0.504 e. The second-order valence-electron chi connectivity index (χ2n) is 7.09. The van der Waals surface area contributed by atoms with Crippen molar-refractivity contribution in [2.75, 3.05) is 7.11 Å². The maximum atomic E-state index is 11.7. The minimum atomic E-state index is -1.38. The maximum Gasteiger partial charge on any atom is 0.331 e. The highest BCUT2D eigenvalue weighted by atomic mass is 16.6. The molecule has 0 aromatic heterocycles. The van der Waals surface area contributed by atoms with Crippen LogP contribution >= 0.6 is 0 Å². The van der Waals surface area contributed by atoms with Gasteiger partial charge >= 0.3 is 5.97 Å². The molecule has 0 amide bonds. The van der Waals surface area contributed by atoms with Gasteiger partial charge in [0.15, 0.2) is 29.0 Å². The lowest BCUT2D eigenvalue weighted by molar-refractivity contribution is -0.161. The summed E-state index contributed by atoms with van der Waals surface area (Å²) >= 11 is 0. The Kier molecular flexibility index (Phi) is 6.08. The summed E-state index contributed by atoms with van der Waals surface area (Å²) in [5.41, 5.74) is -0.303. The summed E-state index contributed by atoms with van der Waals surface area (Å²) in [6.07, 6.45) is 2.42. The van der Waals surface area contributed by atoms with Crippen LogP contribution in [-0.2, 0) is 20.7 Å². The monoisotopic (exact) mass is 362 g/mol. The first kappa shape index (κ1) is 20.0. The van der Waals surface area contributed by atoms with Crippen LogP contribution in [0, 0.1) is 11.8 Å². The number of methoxy groups -OCH3 is 1. The summed E-state index contributed by atoms with van der Waals surface area (Å²) in [5, 5.41) is 20.0. The summed E-state index contributed by atoms with van der Waals surface area (Å²) in [7, 11) is 1.50. The minimum Gasteiger partial charge on any atom is -0.504 e. The smallest absolute Gasteiger partial charge is 0.331 e. The third-order valence-corrected chi connectivity index (χ3v) is 5.05. The van der Waals surface area contributed by atoms with E-state index >= 15 is 0 Å². The number of phenols is 1. The number of aromatic hydroxyl groups is 1. The van der Waals surface area contributed by atoms with E-state index in [-0.39, 0.29) is 17.6 Å². The van der Waals surface area contributed by atoms with Gasteiger partial charge in [0.05, 0.1) is 7.11 Å². The number of aliphatic hydroxyl groups is 1. The van der Waals surface area contributed by atoms with Crippen molar-refractivity contribution in [1.29, 1.82) is 0 Å². The normalized spacial score (nSPS) is 22.6. The number of phenolic OH excluding ortho intramolecular Hbond substituents is 1. The van der Waals surface area contributed by atoms with Gasteiger partial charge in [-0.2, -0.15) is 0 Å². The summed E-state index contributed by atoms with van der Waals surface area (Å²) in [5.74, 6) is -0.254. The van der Waals surface area contributed by atoms with Crippen LogP contribution in [0.4, 0.5) is 0 Å². The SMILES string of the molecule is COc1cc(C[C@H](C)[C@@H](C)C[C@@]2([C@H](O)C(C)=O)C=CC(=O)O2)ccc1O. The van der Waals surface area contributed by atoms with Gasteiger partial charge in [0.25, 0.3) is 0 Å².